The third-order valence-electron chi connectivity index (χ3n) is 4.85. The molecule has 0 spiro atoms. The van der Waals surface area contributed by atoms with Gasteiger partial charge in [0.15, 0.2) is 5.78 Å². The molecule has 2 unspecified atom stereocenters. The highest BCUT2D eigenvalue weighted by molar-refractivity contribution is 5.98. The number of alkyl halides is 3. The van der Waals surface area contributed by atoms with Crippen LogP contribution in [0.2, 0.25) is 0 Å². The van der Waals surface area contributed by atoms with Crippen LogP contribution >= 0.6 is 0 Å². The number of rotatable bonds is 2. The minimum Gasteiger partial charge on any atom is -0.444 e. The summed E-state index contributed by atoms with van der Waals surface area (Å²) in [5.74, 6) is -0.887. The lowest BCUT2D eigenvalue weighted by atomic mass is 9.81. The molecule has 3 rings (SSSR count). The average Bonchev–Trinajstić information content (AvgIpc) is 2.57. The van der Waals surface area contributed by atoms with Gasteiger partial charge in [0.1, 0.15) is 5.60 Å². The van der Waals surface area contributed by atoms with Gasteiger partial charge in [0.2, 0.25) is 0 Å². The minimum absolute atomic E-state index is 0.0652. The molecule has 28 heavy (non-hydrogen) atoms. The van der Waals surface area contributed by atoms with Gasteiger partial charge in [-0.1, -0.05) is 0 Å². The van der Waals surface area contributed by atoms with E-state index in [2.05, 4.69) is 4.98 Å². The van der Waals surface area contributed by atoms with Crippen LogP contribution in [0.1, 0.15) is 49.5 Å². The summed E-state index contributed by atoms with van der Waals surface area (Å²) in [7, 11) is 0. The summed E-state index contributed by atoms with van der Waals surface area (Å²) in [5, 5.41) is 0. The molecule has 0 N–H and O–H groups in total. The van der Waals surface area contributed by atoms with E-state index in [-0.39, 0.29) is 36.6 Å². The summed E-state index contributed by atoms with van der Waals surface area (Å²) >= 11 is 0. The molecule has 154 valence electrons. The highest BCUT2D eigenvalue weighted by atomic mass is 19.4. The fourth-order valence-corrected chi connectivity index (χ4v) is 3.71. The Kier molecular flexibility index (Phi) is 5.40. The Hall–Kier alpha value is -2.16. The predicted octanol–water partition coefficient (Wildman–Crippen LogP) is 3.70. The first-order chi connectivity index (χ1) is 13.0. The second-order valence-electron chi connectivity index (χ2n) is 8.23. The van der Waals surface area contributed by atoms with E-state index in [4.69, 9.17) is 9.47 Å². The zero-order valence-corrected chi connectivity index (χ0v) is 16.0. The Morgan fingerprint density at radius 3 is 2.29 bits per heavy atom. The molecule has 2 aliphatic heterocycles. The van der Waals surface area contributed by atoms with Gasteiger partial charge in [-0.2, -0.15) is 13.2 Å². The summed E-state index contributed by atoms with van der Waals surface area (Å²) in [6.07, 6.45) is -2.55. The van der Waals surface area contributed by atoms with Gasteiger partial charge >= 0.3 is 12.3 Å². The number of halogens is 3. The van der Waals surface area contributed by atoms with Crippen LogP contribution in [-0.2, 0) is 15.7 Å². The largest absolute Gasteiger partial charge is 0.444 e. The van der Waals surface area contributed by atoms with E-state index in [0.29, 0.717) is 19.0 Å². The number of amides is 1. The monoisotopic (exact) mass is 400 g/mol. The molecule has 2 bridgehead atoms. The zero-order valence-electron chi connectivity index (χ0n) is 16.0. The second-order valence-corrected chi connectivity index (χ2v) is 8.23. The smallest absolute Gasteiger partial charge is 0.417 e. The summed E-state index contributed by atoms with van der Waals surface area (Å²) in [6, 6.07) is 0.132. The molecule has 0 radical (unpaired) electrons. The van der Waals surface area contributed by atoms with Crippen molar-refractivity contribution in [2.45, 2.75) is 57.5 Å². The van der Waals surface area contributed by atoms with Crippen molar-refractivity contribution in [3.8, 4) is 0 Å². The Balaban J connectivity index is 1.77. The van der Waals surface area contributed by atoms with E-state index in [1.54, 1.807) is 25.7 Å². The molecule has 0 saturated carbocycles. The molecular weight excluding hydrogens is 377 g/mol. The quantitative estimate of drug-likeness (QED) is 0.708. The number of piperidine rings is 1. The summed E-state index contributed by atoms with van der Waals surface area (Å²) < 4.78 is 49.7. The van der Waals surface area contributed by atoms with Crippen molar-refractivity contribution in [2.24, 2.45) is 5.92 Å². The standard InChI is InChI=1S/C19H23F3N2O4/c1-18(2,3)28-17(26)24-14-5-11(6-15(24)10-27-9-14)16(25)12-4-13(8-23-7-12)19(20,21)22/h4,7-8,11,14-15H,5-6,9-10H2,1-3H3. The van der Waals surface area contributed by atoms with Crippen LogP contribution in [0.5, 0.6) is 0 Å². The van der Waals surface area contributed by atoms with Gasteiger partial charge < -0.3 is 9.47 Å². The molecule has 2 aliphatic rings. The first-order valence-corrected chi connectivity index (χ1v) is 9.11. The van der Waals surface area contributed by atoms with Gasteiger partial charge in [-0.15, -0.1) is 0 Å². The van der Waals surface area contributed by atoms with Crippen LogP contribution in [0.3, 0.4) is 0 Å². The molecule has 9 heteroatoms. The maximum Gasteiger partial charge on any atom is 0.417 e. The Morgan fingerprint density at radius 1 is 1.14 bits per heavy atom. The lowest BCUT2D eigenvalue weighted by molar-refractivity contribution is -0.137. The third-order valence-corrected chi connectivity index (χ3v) is 4.85. The molecule has 0 aliphatic carbocycles. The van der Waals surface area contributed by atoms with E-state index in [1.807, 2.05) is 0 Å². The number of ketones is 1. The van der Waals surface area contributed by atoms with Crippen LogP contribution in [0.4, 0.5) is 18.0 Å². The highest BCUT2D eigenvalue weighted by Crippen LogP contribution is 2.35. The lowest BCUT2D eigenvalue weighted by Gasteiger charge is -2.47. The fourth-order valence-electron chi connectivity index (χ4n) is 3.71. The second kappa shape index (κ2) is 7.35. The summed E-state index contributed by atoms with van der Waals surface area (Å²) in [5.41, 5.74) is -1.67. The zero-order chi connectivity index (χ0) is 20.7. The number of pyridine rings is 1. The molecule has 2 saturated heterocycles. The van der Waals surface area contributed by atoms with E-state index in [1.165, 1.54) is 0 Å². The van der Waals surface area contributed by atoms with Gasteiger partial charge in [-0.05, 0) is 39.7 Å². The van der Waals surface area contributed by atoms with Crippen molar-refractivity contribution in [1.82, 2.24) is 9.88 Å². The molecule has 1 aromatic heterocycles. The first-order valence-electron chi connectivity index (χ1n) is 9.11. The van der Waals surface area contributed by atoms with E-state index in [9.17, 15) is 22.8 Å². The minimum atomic E-state index is -4.56. The van der Waals surface area contributed by atoms with E-state index in [0.717, 1.165) is 12.3 Å². The van der Waals surface area contributed by atoms with Gasteiger partial charge in [0, 0.05) is 23.9 Å². The van der Waals surface area contributed by atoms with Crippen molar-refractivity contribution >= 4 is 11.9 Å². The molecule has 6 nitrogen and oxygen atoms in total. The Morgan fingerprint density at radius 2 is 1.75 bits per heavy atom. The Labute approximate surface area is 161 Å². The van der Waals surface area contributed by atoms with E-state index < -0.39 is 29.4 Å². The lowest BCUT2D eigenvalue weighted by Crippen LogP contribution is -2.60. The van der Waals surface area contributed by atoms with Gasteiger partial charge in [0.05, 0.1) is 30.9 Å². The maximum atomic E-state index is 12.9. The normalized spacial score (nSPS) is 25.4. The number of morpholine rings is 1. The molecule has 3 heterocycles. The number of aromatic nitrogens is 1. The summed E-state index contributed by atoms with van der Waals surface area (Å²) in [4.78, 5) is 30.6. The van der Waals surface area contributed by atoms with Crippen LogP contribution in [0.25, 0.3) is 0 Å². The van der Waals surface area contributed by atoms with Crippen LogP contribution < -0.4 is 0 Å². The number of hydrogen-bond acceptors (Lipinski definition) is 5. The first kappa shape index (κ1) is 20.6. The van der Waals surface area contributed by atoms with Crippen molar-refractivity contribution in [3.05, 3.63) is 29.6 Å². The number of Topliss-reactive ketones (excluding diaryl/α,β-unsaturated/α-hetero) is 1. The van der Waals surface area contributed by atoms with E-state index >= 15 is 0 Å². The highest BCUT2D eigenvalue weighted by Gasteiger charge is 2.45. The van der Waals surface area contributed by atoms with Crippen molar-refractivity contribution in [3.63, 3.8) is 0 Å². The van der Waals surface area contributed by atoms with Crippen LogP contribution in [0, 0.1) is 5.92 Å². The van der Waals surface area contributed by atoms with Gasteiger partial charge in [-0.25, -0.2) is 4.79 Å². The molecule has 0 aromatic carbocycles. The third kappa shape index (κ3) is 4.45. The van der Waals surface area contributed by atoms with Gasteiger partial charge in [0.25, 0.3) is 0 Å². The molecule has 1 aromatic rings. The Bertz CT molecular complexity index is 746. The fraction of sp³-hybridized carbons (Fsp3) is 0.632. The molecular formula is C19H23F3N2O4. The maximum absolute atomic E-state index is 12.9. The topological polar surface area (TPSA) is 68.7 Å². The number of ether oxygens (including phenoxy) is 2. The van der Waals surface area contributed by atoms with Crippen LogP contribution in [0.15, 0.2) is 18.5 Å². The molecule has 1 amide bonds. The number of fused-ring (bicyclic) bond motifs is 2. The van der Waals surface area contributed by atoms with Crippen molar-refractivity contribution in [1.29, 1.82) is 0 Å². The average molecular weight is 400 g/mol. The number of carbonyl (C=O) groups excluding carboxylic acids is 2. The summed E-state index contributed by atoms with van der Waals surface area (Å²) in [6.45, 7) is 5.84. The number of hydrogen-bond donors (Lipinski definition) is 0. The molecule has 2 fully saturated rings. The van der Waals surface area contributed by atoms with Crippen LogP contribution in [-0.4, -0.2) is 52.7 Å². The van der Waals surface area contributed by atoms with Gasteiger partial charge in [-0.3, -0.25) is 14.7 Å². The number of carbonyl (C=O) groups is 2. The number of nitrogens with zero attached hydrogens (tertiary/aromatic N) is 2. The predicted molar refractivity (Wildman–Crippen MR) is 92.8 cm³/mol. The van der Waals surface area contributed by atoms with Crippen molar-refractivity contribution in [2.75, 3.05) is 13.2 Å². The van der Waals surface area contributed by atoms with Crippen molar-refractivity contribution < 1.29 is 32.2 Å². The molecule has 2 atom stereocenters. The SMILES string of the molecule is CC(C)(C)OC(=O)N1C2COCC1CC(C(=O)c1cncc(C(F)(F)F)c1)C2.